The molecule has 0 aromatic heterocycles. The van der Waals surface area contributed by atoms with Crippen LogP contribution in [0.3, 0.4) is 0 Å². The van der Waals surface area contributed by atoms with E-state index in [0.29, 0.717) is 5.66 Å². The first-order valence-corrected chi connectivity index (χ1v) is 8.97. The Bertz CT molecular complexity index is 187. The van der Waals surface area contributed by atoms with Crippen molar-refractivity contribution in [3.8, 4) is 0 Å². The molecular formula is C13H29OP. The van der Waals surface area contributed by atoms with Crippen molar-refractivity contribution in [3.63, 3.8) is 0 Å². The molecule has 0 bridgehead atoms. The first-order valence-electron chi connectivity index (χ1n) is 6.57. The number of hydrogen-bond donors (Lipinski definition) is 0. The van der Waals surface area contributed by atoms with E-state index in [1.807, 2.05) is 6.66 Å². The Morgan fingerprint density at radius 1 is 0.933 bits per heavy atom. The highest BCUT2D eigenvalue weighted by molar-refractivity contribution is 7.63. The van der Waals surface area contributed by atoms with E-state index >= 15 is 0 Å². The predicted octanol–water partition coefficient (Wildman–Crippen LogP) is 5.14. The highest BCUT2D eigenvalue weighted by atomic mass is 31.2. The number of unbranched alkanes of at least 4 members (excludes halogenated alkanes) is 6. The summed E-state index contributed by atoms with van der Waals surface area (Å²) >= 11 is 0. The van der Waals surface area contributed by atoms with Gasteiger partial charge in [0.15, 0.2) is 0 Å². The summed E-state index contributed by atoms with van der Waals surface area (Å²) in [5, 5.41) is 0. The van der Waals surface area contributed by atoms with E-state index in [2.05, 4.69) is 20.8 Å². The summed E-state index contributed by atoms with van der Waals surface area (Å²) in [6, 6.07) is 0. The topological polar surface area (TPSA) is 17.1 Å². The molecule has 15 heavy (non-hydrogen) atoms. The van der Waals surface area contributed by atoms with Gasteiger partial charge in [0, 0.05) is 11.8 Å². The van der Waals surface area contributed by atoms with Gasteiger partial charge >= 0.3 is 0 Å². The van der Waals surface area contributed by atoms with E-state index in [9.17, 15) is 4.57 Å². The van der Waals surface area contributed by atoms with Gasteiger partial charge in [-0.05, 0) is 13.1 Å². The molecule has 0 saturated carbocycles. The monoisotopic (exact) mass is 232 g/mol. The third-order valence-corrected chi connectivity index (χ3v) is 6.69. The van der Waals surface area contributed by atoms with Crippen LogP contribution in [-0.4, -0.2) is 18.5 Å². The molecule has 0 aliphatic carbocycles. The van der Waals surface area contributed by atoms with E-state index in [0.717, 1.165) is 12.6 Å². The largest absolute Gasteiger partial charge is 0.324 e. The molecule has 0 fully saturated rings. The van der Waals surface area contributed by atoms with Crippen molar-refractivity contribution in [1.29, 1.82) is 0 Å². The van der Waals surface area contributed by atoms with Crippen molar-refractivity contribution >= 4 is 7.14 Å². The molecule has 0 N–H and O–H groups in total. The fraction of sp³-hybridized carbons (Fsp3) is 1.00. The first kappa shape index (κ1) is 15.2. The van der Waals surface area contributed by atoms with Crippen molar-refractivity contribution in [2.24, 2.45) is 0 Å². The van der Waals surface area contributed by atoms with Gasteiger partial charge in [-0.15, -0.1) is 0 Å². The van der Waals surface area contributed by atoms with Crippen molar-refractivity contribution < 1.29 is 4.57 Å². The quantitative estimate of drug-likeness (QED) is 0.397. The Hall–Kier alpha value is 0.230. The molecule has 0 aliphatic rings. The maximum atomic E-state index is 12.0. The summed E-state index contributed by atoms with van der Waals surface area (Å²) in [7, 11) is -1.83. The highest BCUT2D eigenvalue weighted by Crippen LogP contribution is 2.47. The Morgan fingerprint density at radius 2 is 1.40 bits per heavy atom. The summed E-state index contributed by atoms with van der Waals surface area (Å²) in [5.41, 5.74) is 0.373. The van der Waals surface area contributed by atoms with E-state index < -0.39 is 7.14 Å². The third kappa shape index (κ3) is 8.08. The van der Waals surface area contributed by atoms with Gasteiger partial charge < -0.3 is 4.57 Å². The van der Waals surface area contributed by atoms with Crippen molar-refractivity contribution in [2.45, 2.75) is 71.4 Å². The van der Waals surface area contributed by atoms with Crippen LogP contribution in [0.4, 0.5) is 0 Å². The molecule has 0 amide bonds. The molecule has 0 heterocycles. The average molecular weight is 232 g/mol. The van der Waals surface area contributed by atoms with E-state index in [1.54, 1.807) is 0 Å². The first-order chi connectivity index (χ1) is 7.00. The van der Waals surface area contributed by atoms with Gasteiger partial charge in [-0.25, -0.2) is 0 Å². The Labute approximate surface area is 96.4 Å². The molecule has 0 saturated heterocycles. The van der Waals surface area contributed by atoms with Crippen molar-refractivity contribution in [3.05, 3.63) is 0 Å². The van der Waals surface area contributed by atoms with Crippen LogP contribution in [0.2, 0.25) is 0 Å². The lowest BCUT2D eigenvalue weighted by Crippen LogP contribution is -2.00. The Kier molecular flexibility index (Phi) is 8.52. The maximum Gasteiger partial charge on any atom is 0.0872 e. The molecule has 92 valence electrons. The van der Waals surface area contributed by atoms with Crippen LogP contribution in [0.25, 0.3) is 0 Å². The lowest BCUT2D eigenvalue weighted by atomic mass is 10.1. The molecule has 2 heteroatoms. The lowest BCUT2D eigenvalue weighted by Gasteiger charge is -2.16. The maximum absolute atomic E-state index is 12.0. The van der Waals surface area contributed by atoms with Crippen LogP contribution < -0.4 is 0 Å². The van der Waals surface area contributed by atoms with Gasteiger partial charge in [-0.1, -0.05) is 59.3 Å². The molecular weight excluding hydrogens is 203 g/mol. The van der Waals surface area contributed by atoms with Gasteiger partial charge in [0.05, 0.1) is 7.14 Å². The highest BCUT2D eigenvalue weighted by Gasteiger charge is 2.18. The van der Waals surface area contributed by atoms with Crippen LogP contribution in [-0.2, 0) is 4.57 Å². The summed E-state index contributed by atoms with van der Waals surface area (Å²) in [6.07, 6.45) is 10.2. The van der Waals surface area contributed by atoms with Crippen LogP contribution in [0, 0.1) is 0 Å². The van der Waals surface area contributed by atoms with Gasteiger partial charge in [0.2, 0.25) is 0 Å². The van der Waals surface area contributed by atoms with Crippen LogP contribution in [0.1, 0.15) is 65.7 Å². The SMILES string of the molecule is CCCCCCCCCP(C)(=O)C(C)C. The second kappa shape index (κ2) is 8.39. The Balaban J connectivity index is 3.35. The second-order valence-electron chi connectivity index (χ2n) is 5.11. The summed E-state index contributed by atoms with van der Waals surface area (Å²) < 4.78 is 12.0. The number of rotatable bonds is 9. The minimum Gasteiger partial charge on any atom is -0.324 e. The van der Waals surface area contributed by atoms with Crippen LogP contribution in [0.15, 0.2) is 0 Å². The molecule has 1 atom stereocenters. The second-order valence-corrected chi connectivity index (χ2v) is 8.94. The van der Waals surface area contributed by atoms with Gasteiger partial charge in [0.25, 0.3) is 0 Å². The zero-order chi connectivity index (χ0) is 11.7. The molecule has 1 nitrogen and oxygen atoms in total. The molecule has 1 unspecified atom stereocenters. The molecule has 0 spiro atoms. The fourth-order valence-electron chi connectivity index (χ4n) is 1.64. The smallest absolute Gasteiger partial charge is 0.0872 e. The summed E-state index contributed by atoms with van der Waals surface area (Å²) in [6.45, 7) is 8.38. The zero-order valence-electron chi connectivity index (χ0n) is 11.1. The van der Waals surface area contributed by atoms with Crippen molar-refractivity contribution in [1.82, 2.24) is 0 Å². The fourth-order valence-corrected chi connectivity index (χ4v) is 3.01. The molecule has 0 aromatic carbocycles. The Morgan fingerprint density at radius 3 is 1.87 bits per heavy atom. The molecule has 0 radical (unpaired) electrons. The lowest BCUT2D eigenvalue weighted by molar-refractivity contribution is 0.564. The zero-order valence-corrected chi connectivity index (χ0v) is 12.0. The molecule has 0 rings (SSSR count). The standard InChI is InChI=1S/C13H29OP/c1-5-6-7-8-9-10-11-12-15(4,14)13(2)3/h13H,5-12H2,1-4H3. The molecule has 0 aliphatic heterocycles. The minimum absolute atomic E-state index is 0.373. The van der Waals surface area contributed by atoms with E-state index in [-0.39, 0.29) is 0 Å². The van der Waals surface area contributed by atoms with Crippen molar-refractivity contribution in [2.75, 3.05) is 12.8 Å². The predicted molar refractivity (Wildman–Crippen MR) is 71.5 cm³/mol. The normalized spacial score (nSPS) is 15.5. The molecule has 0 aromatic rings. The summed E-state index contributed by atoms with van der Waals surface area (Å²) in [5.74, 6) is 0. The van der Waals surface area contributed by atoms with Crippen LogP contribution >= 0.6 is 7.14 Å². The summed E-state index contributed by atoms with van der Waals surface area (Å²) in [4.78, 5) is 0. The van der Waals surface area contributed by atoms with E-state index in [1.165, 1.54) is 38.5 Å². The number of hydrogen-bond acceptors (Lipinski definition) is 1. The van der Waals surface area contributed by atoms with Crippen LogP contribution in [0.5, 0.6) is 0 Å². The van der Waals surface area contributed by atoms with Gasteiger partial charge in [0.1, 0.15) is 0 Å². The van der Waals surface area contributed by atoms with Gasteiger partial charge in [-0.3, -0.25) is 0 Å². The minimum atomic E-state index is -1.83. The average Bonchev–Trinajstić information content (AvgIpc) is 2.16. The van der Waals surface area contributed by atoms with E-state index in [4.69, 9.17) is 0 Å². The van der Waals surface area contributed by atoms with Gasteiger partial charge in [-0.2, -0.15) is 0 Å². The third-order valence-electron chi connectivity index (χ3n) is 3.30.